The molecule has 1 amide bonds. The molecule has 0 saturated carbocycles. The predicted molar refractivity (Wildman–Crippen MR) is 103 cm³/mol. The number of rotatable bonds is 3. The van der Waals surface area contributed by atoms with E-state index in [4.69, 9.17) is 0 Å². The topological polar surface area (TPSA) is 40.5 Å². The third-order valence-corrected chi connectivity index (χ3v) is 4.99. The van der Waals surface area contributed by atoms with Crippen molar-refractivity contribution in [1.82, 2.24) is 0 Å². The Kier molecular flexibility index (Phi) is 4.55. The van der Waals surface area contributed by atoms with Crippen molar-refractivity contribution in [3.05, 3.63) is 102 Å². The molecule has 3 aromatic carbocycles. The van der Waals surface area contributed by atoms with Crippen LogP contribution < -0.4 is 4.90 Å². The van der Waals surface area contributed by atoms with E-state index in [1.54, 1.807) is 0 Å². The summed E-state index contributed by atoms with van der Waals surface area (Å²) >= 11 is 0. The number of hydrogen-bond donors (Lipinski definition) is 1. The first-order valence-electron chi connectivity index (χ1n) is 8.94. The van der Waals surface area contributed by atoms with Crippen LogP contribution in [0.15, 0.2) is 84.9 Å². The number of benzene rings is 3. The van der Waals surface area contributed by atoms with Gasteiger partial charge in [0.25, 0.3) is 0 Å². The molecule has 0 spiro atoms. The number of carbonyl (C=O) groups excluding carboxylic acids is 1. The average Bonchev–Trinajstić information content (AvgIpc) is 2.70. The monoisotopic (exact) mass is 343 g/mol. The molecular formula is C23H21NO2. The van der Waals surface area contributed by atoms with Gasteiger partial charge in [0.1, 0.15) is 0 Å². The molecule has 3 nitrogen and oxygen atoms in total. The van der Waals surface area contributed by atoms with E-state index in [0.717, 1.165) is 22.4 Å². The largest absolute Gasteiger partial charge is 0.388 e. The summed E-state index contributed by atoms with van der Waals surface area (Å²) in [5.74, 6) is -0.317. The van der Waals surface area contributed by atoms with Crippen molar-refractivity contribution in [2.24, 2.45) is 0 Å². The van der Waals surface area contributed by atoms with E-state index < -0.39 is 6.10 Å². The van der Waals surface area contributed by atoms with Gasteiger partial charge in [0.05, 0.1) is 12.0 Å². The van der Waals surface area contributed by atoms with E-state index in [1.807, 2.05) is 89.8 Å². The number of nitrogens with zero attached hydrogens (tertiary/aromatic N) is 1. The van der Waals surface area contributed by atoms with Crippen molar-refractivity contribution in [2.75, 3.05) is 11.4 Å². The molecule has 26 heavy (non-hydrogen) atoms. The molecule has 1 aliphatic heterocycles. The summed E-state index contributed by atoms with van der Waals surface area (Å²) in [4.78, 5) is 15.4. The standard InChI is InChI=1S/C23H21NO2/c25-21-15-16-24(20-14-8-7-13-19(20)21)23(26)22(17-9-3-1-4-10-17)18-11-5-2-6-12-18/h1-14,21-22,25H,15-16H2. The SMILES string of the molecule is O=C(C(c1ccccc1)c1ccccc1)N1CCC(O)c2ccccc21. The molecule has 3 heteroatoms. The molecule has 4 rings (SSSR count). The lowest BCUT2D eigenvalue weighted by molar-refractivity contribution is -0.119. The lowest BCUT2D eigenvalue weighted by Gasteiger charge is -2.34. The fourth-order valence-electron chi connectivity index (χ4n) is 3.70. The second-order valence-corrected chi connectivity index (χ2v) is 6.61. The number of amides is 1. The molecule has 1 N–H and O–H groups in total. The van der Waals surface area contributed by atoms with Crippen molar-refractivity contribution >= 4 is 11.6 Å². The maximum absolute atomic E-state index is 13.6. The molecule has 130 valence electrons. The first kappa shape index (κ1) is 16.6. The molecule has 1 atom stereocenters. The molecule has 0 saturated heterocycles. The van der Waals surface area contributed by atoms with E-state index in [0.29, 0.717) is 13.0 Å². The zero-order valence-corrected chi connectivity index (χ0v) is 14.5. The number of fused-ring (bicyclic) bond motifs is 1. The minimum absolute atomic E-state index is 0.0433. The zero-order chi connectivity index (χ0) is 17.9. The first-order chi connectivity index (χ1) is 12.8. The number of carbonyl (C=O) groups is 1. The molecule has 0 fully saturated rings. The summed E-state index contributed by atoms with van der Waals surface area (Å²) in [5, 5.41) is 10.3. The Bertz CT molecular complexity index is 853. The highest BCUT2D eigenvalue weighted by Crippen LogP contribution is 2.36. The van der Waals surface area contributed by atoms with Crippen LogP contribution in [0.2, 0.25) is 0 Å². The van der Waals surface area contributed by atoms with Crippen molar-refractivity contribution < 1.29 is 9.90 Å². The third-order valence-electron chi connectivity index (χ3n) is 4.99. The molecule has 1 heterocycles. The van der Waals surface area contributed by atoms with Crippen molar-refractivity contribution in [3.63, 3.8) is 0 Å². The lowest BCUT2D eigenvalue weighted by Crippen LogP contribution is -2.40. The summed E-state index contributed by atoms with van der Waals surface area (Å²) in [6.45, 7) is 0.521. The summed E-state index contributed by atoms with van der Waals surface area (Å²) in [6.07, 6.45) is 0.0427. The molecule has 1 unspecified atom stereocenters. The van der Waals surface area contributed by atoms with Gasteiger partial charge in [-0.2, -0.15) is 0 Å². The number of para-hydroxylation sites is 1. The number of aliphatic hydroxyl groups excluding tert-OH is 1. The molecule has 3 aromatic rings. The van der Waals surface area contributed by atoms with Gasteiger partial charge in [0.15, 0.2) is 0 Å². The summed E-state index contributed by atoms with van der Waals surface area (Å²) in [5.41, 5.74) is 3.60. The van der Waals surface area contributed by atoms with E-state index in [2.05, 4.69) is 0 Å². The van der Waals surface area contributed by atoms with Gasteiger partial charge in [0, 0.05) is 17.8 Å². The van der Waals surface area contributed by atoms with Gasteiger partial charge in [0.2, 0.25) is 5.91 Å². The molecule has 1 aliphatic rings. The van der Waals surface area contributed by atoms with Gasteiger partial charge in [-0.05, 0) is 23.6 Å². The molecular weight excluding hydrogens is 322 g/mol. The van der Waals surface area contributed by atoms with Gasteiger partial charge in [-0.15, -0.1) is 0 Å². The highest BCUT2D eigenvalue weighted by molar-refractivity contribution is 6.01. The van der Waals surface area contributed by atoms with Crippen LogP contribution in [0.4, 0.5) is 5.69 Å². The van der Waals surface area contributed by atoms with Gasteiger partial charge in [-0.25, -0.2) is 0 Å². The van der Waals surface area contributed by atoms with E-state index in [9.17, 15) is 9.90 Å². The average molecular weight is 343 g/mol. The van der Waals surface area contributed by atoms with E-state index >= 15 is 0 Å². The molecule has 0 aliphatic carbocycles. The van der Waals surface area contributed by atoms with E-state index in [-0.39, 0.29) is 11.8 Å². The maximum Gasteiger partial charge on any atom is 0.238 e. The molecule has 0 aromatic heterocycles. The summed E-state index contributed by atoms with van der Waals surface area (Å²) in [6, 6.07) is 27.4. The van der Waals surface area contributed by atoms with Gasteiger partial charge < -0.3 is 10.0 Å². The highest BCUT2D eigenvalue weighted by atomic mass is 16.3. The van der Waals surface area contributed by atoms with Crippen LogP contribution in [0.5, 0.6) is 0 Å². The Morgan fingerprint density at radius 3 is 2.00 bits per heavy atom. The van der Waals surface area contributed by atoms with Crippen molar-refractivity contribution in [2.45, 2.75) is 18.4 Å². The Balaban J connectivity index is 1.78. The Morgan fingerprint density at radius 1 is 0.846 bits per heavy atom. The van der Waals surface area contributed by atoms with Crippen molar-refractivity contribution in [1.29, 1.82) is 0 Å². The Morgan fingerprint density at radius 2 is 1.38 bits per heavy atom. The number of aliphatic hydroxyl groups is 1. The van der Waals surface area contributed by atoms with Gasteiger partial charge >= 0.3 is 0 Å². The number of anilines is 1. The molecule has 0 bridgehead atoms. The maximum atomic E-state index is 13.6. The quantitative estimate of drug-likeness (QED) is 0.771. The summed E-state index contributed by atoms with van der Waals surface area (Å²) < 4.78 is 0. The van der Waals surface area contributed by atoms with Crippen LogP contribution in [0.25, 0.3) is 0 Å². The van der Waals surface area contributed by atoms with Crippen LogP contribution in [-0.2, 0) is 4.79 Å². The minimum Gasteiger partial charge on any atom is -0.388 e. The fraction of sp³-hybridized carbons (Fsp3) is 0.174. The van der Waals surface area contributed by atoms with Crippen LogP contribution in [-0.4, -0.2) is 17.6 Å². The van der Waals surface area contributed by atoms with E-state index in [1.165, 1.54) is 0 Å². The Labute approximate surface area is 153 Å². The predicted octanol–water partition coefficient (Wildman–Crippen LogP) is 4.29. The fourth-order valence-corrected chi connectivity index (χ4v) is 3.70. The lowest BCUT2D eigenvalue weighted by atomic mass is 9.88. The summed E-state index contributed by atoms with van der Waals surface area (Å²) in [7, 11) is 0. The van der Waals surface area contributed by atoms with Crippen LogP contribution in [0.3, 0.4) is 0 Å². The Hall–Kier alpha value is -2.91. The van der Waals surface area contributed by atoms with Gasteiger partial charge in [-0.3, -0.25) is 4.79 Å². The van der Waals surface area contributed by atoms with Crippen LogP contribution in [0.1, 0.15) is 35.1 Å². The number of hydrogen-bond acceptors (Lipinski definition) is 2. The molecule has 0 radical (unpaired) electrons. The first-order valence-corrected chi connectivity index (χ1v) is 8.94. The minimum atomic E-state index is -0.512. The zero-order valence-electron chi connectivity index (χ0n) is 14.5. The van der Waals surface area contributed by atoms with Crippen LogP contribution in [0, 0.1) is 0 Å². The third kappa shape index (κ3) is 3.02. The smallest absolute Gasteiger partial charge is 0.238 e. The van der Waals surface area contributed by atoms with Crippen LogP contribution >= 0.6 is 0 Å². The van der Waals surface area contributed by atoms with Crippen molar-refractivity contribution in [3.8, 4) is 0 Å². The second-order valence-electron chi connectivity index (χ2n) is 6.61. The highest BCUT2D eigenvalue weighted by Gasteiger charge is 2.33. The second kappa shape index (κ2) is 7.14. The normalized spacial score (nSPS) is 16.4. The van der Waals surface area contributed by atoms with Gasteiger partial charge in [-0.1, -0.05) is 78.9 Å².